The lowest BCUT2D eigenvalue weighted by Crippen LogP contribution is -2.64. The average Bonchev–Trinajstić information content (AvgIpc) is 3.07. The molecule has 0 spiro atoms. The number of primary amides is 1. The van der Waals surface area contributed by atoms with E-state index in [4.69, 9.17) is 57.9 Å². The van der Waals surface area contributed by atoms with Crippen LogP contribution < -0.4 is 21.3 Å². The Labute approximate surface area is 310 Å². The van der Waals surface area contributed by atoms with Crippen LogP contribution in [0.3, 0.4) is 0 Å². The molecule has 21 heteroatoms. The molecule has 1 saturated heterocycles. The number of nitrogens with two attached hydrogens (primary N) is 1. The van der Waals surface area contributed by atoms with Crippen molar-refractivity contribution in [3.8, 4) is 5.75 Å². The van der Waals surface area contributed by atoms with Gasteiger partial charge in [-0.05, 0) is 38.5 Å². The molecule has 1 aliphatic heterocycles. The summed E-state index contributed by atoms with van der Waals surface area (Å²) in [6.45, 7) is 8.49. The number of rotatable bonds is 19. The van der Waals surface area contributed by atoms with E-state index in [9.17, 15) is 33.6 Å². The van der Waals surface area contributed by atoms with E-state index in [1.807, 2.05) is 0 Å². The fraction of sp³-hybridized carbons (Fsp3) is 0.606. The van der Waals surface area contributed by atoms with Crippen molar-refractivity contribution in [2.45, 2.75) is 84.5 Å². The minimum atomic E-state index is -1.75. The smallest absolute Gasteiger partial charge is 0.431 e. The zero-order valence-corrected chi connectivity index (χ0v) is 31.0. The Kier molecular flexibility index (Phi) is 18.4. The minimum absolute atomic E-state index is 0.00220. The molecule has 0 radical (unpaired) electrons. The number of amides is 3. The van der Waals surface area contributed by atoms with Crippen LogP contribution in [0, 0.1) is 0 Å². The Hall–Kier alpha value is -5.25. The van der Waals surface area contributed by atoms with Gasteiger partial charge in [0.15, 0.2) is 18.3 Å². The molecule has 5 atom stereocenters. The summed E-state index contributed by atoms with van der Waals surface area (Å²) in [4.78, 5) is 90.3. The average molecular weight is 774 g/mol. The van der Waals surface area contributed by atoms with Crippen LogP contribution in [0.5, 0.6) is 5.75 Å². The quantitative estimate of drug-likeness (QED) is 0.0750. The molecule has 0 aromatic heterocycles. The molecule has 0 aliphatic carbocycles. The monoisotopic (exact) mass is 773 g/mol. The van der Waals surface area contributed by atoms with Crippen molar-refractivity contribution in [1.29, 1.82) is 0 Å². The maximum atomic E-state index is 13.4. The van der Waals surface area contributed by atoms with E-state index in [-0.39, 0.29) is 57.5 Å². The Morgan fingerprint density at radius 3 is 2.00 bits per heavy atom. The van der Waals surface area contributed by atoms with Crippen molar-refractivity contribution in [2.24, 2.45) is 5.73 Å². The Morgan fingerprint density at radius 2 is 1.41 bits per heavy atom. The van der Waals surface area contributed by atoms with Crippen molar-refractivity contribution >= 4 is 42.0 Å². The highest BCUT2D eigenvalue weighted by Gasteiger charge is 2.56. The van der Waals surface area contributed by atoms with Crippen molar-refractivity contribution in [3.05, 3.63) is 29.3 Å². The van der Waals surface area contributed by atoms with Crippen LogP contribution in [-0.4, -0.2) is 125 Å². The first-order valence-electron chi connectivity index (χ1n) is 16.4. The molecule has 21 nitrogen and oxygen atoms in total. The second kappa shape index (κ2) is 22.1. The van der Waals surface area contributed by atoms with Gasteiger partial charge in [0.1, 0.15) is 18.0 Å². The van der Waals surface area contributed by atoms with Crippen LogP contribution in [0.4, 0.5) is 9.59 Å². The molecule has 4 N–H and O–H groups in total. The summed E-state index contributed by atoms with van der Waals surface area (Å²) < 4.78 is 53.3. The Morgan fingerprint density at radius 1 is 0.815 bits per heavy atom. The molecule has 2 rings (SSSR count). The highest BCUT2D eigenvalue weighted by Crippen LogP contribution is 2.32. The van der Waals surface area contributed by atoms with Gasteiger partial charge in [-0.1, -0.05) is 6.07 Å². The normalized spacial score (nSPS) is 19.4. The number of esters is 4. The van der Waals surface area contributed by atoms with Crippen LogP contribution in [0.1, 0.15) is 57.5 Å². The molecule has 302 valence electrons. The number of nitrogens with one attached hydrogen (secondary N) is 2. The minimum Gasteiger partial charge on any atom is -0.467 e. The lowest BCUT2D eigenvalue weighted by molar-refractivity contribution is -0.282. The van der Waals surface area contributed by atoms with Crippen LogP contribution in [0.15, 0.2) is 18.2 Å². The van der Waals surface area contributed by atoms with E-state index in [1.165, 1.54) is 18.2 Å². The molecule has 0 saturated carbocycles. The molecular weight excluding hydrogens is 726 g/mol. The standard InChI is InChI=1S/C33H47N3O18/c1-18(37)49-24-25(50-19(2)38)27(51-20(3)39)30(53-26(24)29(41)44-7)52-23-9-8-21(17-47-31(34)42)16-22(23)28(40)35-10-11-45-12-13-46-14-15-48-36-32(43)54-33(4,5)6/h8-9,16,24-27,30H,10-15,17H2,1-7H3,(H2,34,42)(H,35,40)(H,36,43)/t24-,25-,26-,27+,30+/m0/s1. The van der Waals surface area contributed by atoms with Gasteiger partial charge in [0.25, 0.3) is 5.91 Å². The van der Waals surface area contributed by atoms with Crippen molar-refractivity contribution < 1.29 is 85.8 Å². The molecular formula is C33H47N3O18. The van der Waals surface area contributed by atoms with E-state index in [0.29, 0.717) is 5.56 Å². The summed E-state index contributed by atoms with van der Waals surface area (Å²) in [6.07, 6.45) is -10.2. The number of carbonyl (C=O) groups is 7. The lowest BCUT2D eigenvalue weighted by atomic mass is 9.97. The third kappa shape index (κ3) is 16.2. The van der Waals surface area contributed by atoms with E-state index in [2.05, 4.69) is 10.8 Å². The molecule has 1 aromatic rings. The number of hydrogen-bond acceptors (Lipinski definition) is 18. The maximum absolute atomic E-state index is 13.4. The van der Waals surface area contributed by atoms with Gasteiger partial charge in [-0.25, -0.2) is 14.4 Å². The Bertz CT molecular complexity index is 1460. The van der Waals surface area contributed by atoms with Crippen LogP contribution in [0.25, 0.3) is 0 Å². The summed E-state index contributed by atoms with van der Waals surface area (Å²) in [6, 6.07) is 4.04. The maximum Gasteiger partial charge on any atom is 0.431 e. The van der Waals surface area contributed by atoms with Crippen molar-refractivity contribution in [3.63, 3.8) is 0 Å². The summed E-state index contributed by atoms with van der Waals surface area (Å²) >= 11 is 0. The van der Waals surface area contributed by atoms with Gasteiger partial charge in [-0.3, -0.25) is 24.0 Å². The molecule has 1 aromatic carbocycles. The SMILES string of the molecule is COC(=O)[C@H]1O[C@@H](Oc2ccc(COC(N)=O)cc2C(=O)NCCOCCOCCONC(=O)OC(C)(C)C)[C@H](OC(C)=O)[C@@H](OC(C)=O)[C@@H]1OC(C)=O. The predicted molar refractivity (Wildman–Crippen MR) is 178 cm³/mol. The van der Waals surface area contributed by atoms with Crippen LogP contribution in [0.2, 0.25) is 0 Å². The number of methoxy groups -OCH3 is 1. The number of benzene rings is 1. The number of ether oxygens (including phenoxy) is 10. The molecule has 0 unspecified atom stereocenters. The zero-order chi connectivity index (χ0) is 40.4. The fourth-order valence-electron chi connectivity index (χ4n) is 4.56. The molecule has 3 amide bonds. The van der Waals surface area contributed by atoms with Gasteiger partial charge in [0.2, 0.25) is 12.4 Å². The molecule has 1 aliphatic rings. The molecule has 1 fully saturated rings. The fourth-order valence-corrected chi connectivity index (χ4v) is 4.56. The topological polar surface area (TPSA) is 271 Å². The van der Waals surface area contributed by atoms with Crippen molar-refractivity contribution in [2.75, 3.05) is 46.7 Å². The first kappa shape index (κ1) is 44.9. The van der Waals surface area contributed by atoms with E-state index < -0.39 is 78.3 Å². The largest absolute Gasteiger partial charge is 0.467 e. The summed E-state index contributed by atoms with van der Waals surface area (Å²) in [5.41, 5.74) is 6.71. The van der Waals surface area contributed by atoms with Gasteiger partial charge in [0.05, 0.1) is 45.7 Å². The number of hydrogen-bond donors (Lipinski definition) is 3. The third-order valence-electron chi connectivity index (χ3n) is 6.54. The molecule has 54 heavy (non-hydrogen) atoms. The van der Waals surface area contributed by atoms with E-state index >= 15 is 0 Å². The summed E-state index contributed by atoms with van der Waals surface area (Å²) in [7, 11) is 1.03. The highest BCUT2D eigenvalue weighted by molar-refractivity contribution is 5.97. The van der Waals surface area contributed by atoms with E-state index in [0.717, 1.165) is 27.9 Å². The van der Waals surface area contributed by atoms with Crippen LogP contribution in [-0.2, 0) is 73.3 Å². The van der Waals surface area contributed by atoms with Crippen LogP contribution >= 0.6 is 0 Å². The third-order valence-corrected chi connectivity index (χ3v) is 6.54. The number of carbonyl (C=O) groups excluding carboxylic acids is 7. The van der Waals surface area contributed by atoms with Gasteiger partial charge in [-0.15, -0.1) is 0 Å². The molecule has 0 bridgehead atoms. The first-order valence-corrected chi connectivity index (χ1v) is 16.4. The molecule has 1 heterocycles. The van der Waals surface area contributed by atoms with E-state index in [1.54, 1.807) is 20.8 Å². The highest BCUT2D eigenvalue weighted by atomic mass is 16.7. The van der Waals surface area contributed by atoms with Gasteiger partial charge in [0, 0.05) is 27.3 Å². The first-order chi connectivity index (χ1) is 25.4. The van der Waals surface area contributed by atoms with Crippen molar-refractivity contribution in [1.82, 2.24) is 10.8 Å². The lowest BCUT2D eigenvalue weighted by Gasteiger charge is -2.43. The zero-order valence-electron chi connectivity index (χ0n) is 31.0. The van der Waals surface area contributed by atoms with Gasteiger partial charge >= 0.3 is 36.1 Å². The van der Waals surface area contributed by atoms with Gasteiger partial charge in [-0.2, -0.15) is 5.48 Å². The predicted octanol–water partition coefficient (Wildman–Crippen LogP) is 0.573. The summed E-state index contributed by atoms with van der Waals surface area (Å²) in [5.74, 6) is -4.63. The summed E-state index contributed by atoms with van der Waals surface area (Å²) in [5, 5.41) is 2.64. The second-order valence-corrected chi connectivity index (χ2v) is 12.2. The van der Waals surface area contributed by atoms with Gasteiger partial charge < -0.3 is 58.4 Å². The number of hydroxylamine groups is 1. The second-order valence-electron chi connectivity index (χ2n) is 12.2. The Balaban J connectivity index is 2.16.